The van der Waals surface area contributed by atoms with Gasteiger partial charge in [0.25, 0.3) is 5.56 Å². The Bertz CT molecular complexity index is 1550. The van der Waals surface area contributed by atoms with Crippen LogP contribution in [0.5, 0.6) is 5.75 Å². The normalized spacial score (nSPS) is 16.5. The molecule has 3 aromatic heterocycles. The molecule has 4 heterocycles. The molecule has 1 unspecified atom stereocenters. The van der Waals surface area contributed by atoms with Gasteiger partial charge in [0.1, 0.15) is 11.6 Å². The van der Waals surface area contributed by atoms with Gasteiger partial charge in [0.15, 0.2) is 0 Å². The number of methoxy groups -OCH3 is 1. The van der Waals surface area contributed by atoms with Crippen molar-refractivity contribution in [2.75, 3.05) is 31.8 Å². The number of sulfonamides is 1. The Morgan fingerprint density at radius 1 is 1.14 bits per heavy atom. The maximum absolute atomic E-state index is 12.7. The molecule has 1 saturated heterocycles. The van der Waals surface area contributed by atoms with Crippen LogP contribution in [0.15, 0.2) is 65.8 Å². The van der Waals surface area contributed by atoms with Crippen LogP contribution >= 0.6 is 0 Å². The summed E-state index contributed by atoms with van der Waals surface area (Å²) >= 11 is 0. The third-order valence-electron chi connectivity index (χ3n) is 6.26. The molecule has 0 saturated carbocycles. The summed E-state index contributed by atoms with van der Waals surface area (Å²) in [5.41, 5.74) is 3.02. The van der Waals surface area contributed by atoms with E-state index >= 15 is 0 Å². The lowest BCUT2D eigenvalue weighted by Crippen LogP contribution is -2.27. The summed E-state index contributed by atoms with van der Waals surface area (Å²) in [6.45, 7) is 1.03. The van der Waals surface area contributed by atoms with Gasteiger partial charge in [-0.25, -0.2) is 17.7 Å². The summed E-state index contributed by atoms with van der Waals surface area (Å²) < 4.78 is 30.5. The van der Waals surface area contributed by atoms with E-state index in [1.807, 2.05) is 42.5 Å². The number of hydrogen-bond acceptors (Lipinski definition) is 7. The molecule has 0 aliphatic carbocycles. The molecule has 0 spiro atoms. The summed E-state index contributed by atoms with van der Waals surface area (Å²) in [5, 5.41) is 4.49. The fourth-order valence-corrected chi connectivity index (χ4v) is 5.29. The number of aromatic amines is 1. The average molecular weight is 492 g/mol. The van der Waals surface area contributed by atoms with E-state index < -0.39 is 10.0 Å². The minimum atomic E-state index is -3.18. The average Bonchev–Trinajstić information content (AvgIpc) is 3.36. The molecule has 1 atom stereocenters. The Hall–Kier alpha value is -3.76. The van der Waals surface area contributed by atoms with Gasteiger partial charge in [0.2, 0.25) is 10.0 Å². The van der Waals surface area contributed by atoms with Crippen molar-refractivity contribution in [2.24, 2.45) is 0 Å². The lowest BCUT2D eigenvalue weighted by Gasteiger charge is -2.15. The first-order valence-corrected chi connectivity index (χ1v) is 13.0. The van der Waals surface area contributed by atoms with Crippen LogP contribution in [-0.4, -0.2) is 54.1 Å². The van der Waals surface area contributed by atoms with Crippen molar-refractivity contribution in [2.45, 2.75) is 12.3 Å². The summed E-state index contributed by atoms with van der Waals surface area (Å²) in [4.78, 5) is 24.3. The van der Waals surface area contributed by atoms with Crippen molar-refractivity contribution < 1.29 is 13.2 Å². The fraction of sp³-hybridized carbons (Fsp3) is 0.240. The monoisotopic (exact) mass is 491 g/mol. The molecule has 35 heavy (non-hydrogen) atoms. The maximum Gasteiger partial charge on any atom is 0.259 e. The van der Waals surface area contributed by atoms with Crippen LogP contribution in [0.2, 0.25) is 0 Å². The SMILES string of the molecule is COc1cncc(-c2cc3cc[nH]c(=O)c3c(Nc3ccc(C4CCN(S(C)(=O)=O)C4)cc3)n2)c1. The van der Waals surface area contributed by atoms with Crippen molar-refractivity contribution >= 4 is 32.3 Å². The van der Waals surface area contributed by atoms with Crippen molar-refractivity contribution in [3.05, 3.63) is 77.0 Å². The number of anilines is 2. The molecular weight excluding hydrogens is 466 g/mol. The van der Waals surface area contributed by atoms with E-state index in [-0.39, 0.29) is 11.5 Å². The quantitative estimate of drug-likeness (QED) is 0.424. The first kappa shape index (κ1) is 23.0. The zero-order valence-corrected chi connectivity index (χ0v) is 20.2. The molecule has 5 rings (SSSR count). The van der Waals surface area contributed by atoms with Gasteiger partial charge in [0, 0.05) is 36.7 Å². The summed E-state index contributed by atoms with van der Waals surface area (Å²) in [7, 11) is -1.60. The molecular formula is C25H25N5O4S. The standard InChI is InChI=1S/C25H25N5O4S/c1-34-21-11-19(13-26-14-21)22-12-17-7-9-27-25(31)23(17)24(29-22)28-20-5-3-16(4-6-20)18-8-10-30(15-18)35(2,32)33/h3-7,9,11-14,18H,8,10,15H2,1-2H3,(H,27,31)(H,28,29). The topological polar surface area (TPSA) is 117 Å². The van der Waals surface area contributed by atoms with Crippen LogP contribution < -0.4 is 15.6 Å². The minimum Gasteiger partial charge on any atom is -0.495 e. The highest BCUT2D eigenvalue weighted by Crippen LogP contribution is 2.31. The van der Waals surface area contributed by atoms with E-state index in [1.54, 1.807) is 25.7 Å². The van der Waals surface area contributed by atoms with E-state index in [9.17, 15) is 13.2 Å². The van der Waals surface area contributed by atoms with Crippen LogP contribution in [0.25, 0.3) is 22.0 Å². The predicted octanol–water partition coefficient (Wildman–Crippen LogP) is 3.49. The molecule has 1 aliphatic rings. The highest BCUT2D eigenvalue weighted by Gasteiger charge is 2.29. The zero-order valence-electron chi connectivity index (χ0n) is 19.4. The van der Waals surface area contributed by atoms with Crippen molar-refractivity contribution in [1.29, 1.82) is 0 Å². The lowest BCUT2D eigenvalue weighted by molar-refractivity contribution is 0.413. The number of hydrogen-bond donors (Lipinski definition) is 2. The highest BCUT2D eigenvalue weighted by molar-refractivity contribution is 7.88. The van der Waals surface area contributed by atoms with Crippen molar-refractivity contribution in [1.82, 2.24) is 19.3 Å². The second-order valence-corrected chi connectivity index (χ2v) is 10.6. The molecule has 1 aromatic carbocycles. The second kappa shape index (κ2) is 9.12. The lowest BCUT2D eigenvalue weighted by atomic mass is 9.98. The van der Waals surface area contributed by atoms with E-state index in [4.69, 9.17) is 9.72 Å². The number of pyridine rings is 3. The number of fused-ring (bicyclic) bond motifs is 1. The van der Waals surface area contributed by atoms with Crippen LogP contribution in [-0.2, 0) is 10.0 Å². The van der Waals surface area contributed by atoms with Gasteiger partial charge in [-0.3, -0.25) is 9.78 Å². The molecule has 1 aliphatic heterocycles. The molecule has 1 fully saturated rings. The first-order chi connectivity index (χ1) is 16.8. The Morgan fingerprint density at radius 2 is 1.94 bits per heavy atom. The Labute approximate surface area is 202 Å². The Morgan fingerprint density at radius 3 is 2.66 bits per heavy atom. The third-order valence-corrected chi connectivity index (χ3v) is 7.53. The summed E-state index contributed by atoms with van der Waals surface area (Å²) in [6.07, 6.45) is 6.96. The molecule has 9 nitrogen and oxygen atoms in total. The van der Waals surface area contributed by atoms with Gasteiger partial charge in [-0.1, -0.05) is 12.1 Å². The molecule has 180 valence electrons. The molecule has 4 aromatic rings. The highest BCUT2D eigenvalue weighted by atomic mass is 32.2. The van der Waals surface area contributed by atoms with Crippen molar-refractivity contribution in [3.63, 3.8) is 0 Å². The summed E-state index contributed by atoms with van der Waals surface area (Å²) in [5.74, 6) is 1.20. The summed E-state index contributed by atoms with van der Waals surface area (Å²) in [6, 6.07) is 13.3. The molecule has 0 amide bonds. The number of benzene rings is 1. The van der Waals surface area contributed by atoms with Crippen LogP contribution in [0.1, 0.15) is 17.9 Å². The number of ether oxygens (including phenoxy) is 1. The van der Waals surface area contributed by atoms with E-state index in [0.717, 1.165) is 28.6 Å². The number of H-pyrrole nitrogens is 1. The molecule has 10 heteroatoms. The van der Waals surface area contributed by atoms with Gasteiger partial charge < -0.3 is 15.0 Å². The van der Waals surface area contributed by atoms with E-state index in [0.29, 0.717) is 35.7 Å². The first-order valence-electron chi connectivity index (χ1n) is 11.2. The largest absolute Gasteiger partial charge is 0.495 e. The van der Waals surface area contributed by atoms with Crippen LogP contribution in [0.3, 0.4) is 0 Å². The van der Waals surface area contributed by atoms with Crippen LogP contribution in [0.4, 0.5) is 11.5 Å². The number of nitrogens with one attached hydrogen (secondary N) is 2. The number of rotatable bonds is 6. The molecule has 2 N–H and O–H groups in total. The van der Waals surface area contributed by atoms with Gasteiger partial charge in [0.05, 0.1) is 30.6 Å². The van der Waals surface area contributed by atoms with Crippen LogP contribution in [0, 0.1) is 0 Å². The second-order valence-electron chi connectivity index (χ2n) is 8.59. The van der Waals surface area contributed by atoms with E-state index in [1.165, 1.54) is 10.6 Å². The van der Waals surface area contributed by atoms with Gasteiger partial charge in [-0.15, -0.1) is 0 Å². The maximum atomic E-state index is 12.7. The van der Waals surface area contributed by atoms with Crippen molar-refractivity contribution in [3.8, 4) is 17.0 Å². The van der Waals surface area contributed by atoms with E-state index in [2.05, 4.69) is 15.3 Å². The number of nitrogens with zero attached hydrogens (tertiary/aromatic N) is 3. The fourth-order valence-electron chi connectivity index (χ4n) is 4.40. The Kier molecular flexibility index (Phi) is 6.00. The number of aromatic nitrogens is 3. The molecule has 0 bridgehead atoms. The minimum absolute atomic E-state index is 0.157. The Balaban J connectivity index is 1.47. The zero-order chi connectivity index (χ0) is 24.6. The van der Waals surface area contributed by atoms with Gasteiger partial charge >= 0.3 is 0 Å². The smallest absolute Gasteiger partial charge is 0.259 e. The molecule has 0 radical (unpaired) electrons. The predicted molar refractivity (Wildman–Crippen MR) is 136 cm³/mol. The van der Waals surface area contributed by atoms with Gasteiger partial charge in [-0.2, -0.15) is 0 Å². The van der Waals surface area contributed by atoms with Gasteiger partial charge in [-0.05, 0) is 53.6 Å². The third kappa shape index (κ3) is 4.75.